The Bertz CT molecular complexity index is 356. The second kappa shape index (κ2) is 7.04. The molecule has 2 N–H and O–H groups in total. The van der Waals surface area contributed by atoms with Gasteiger partial charge in [0.15, 0.2) is 0 Å². The van der Waals surface area contributed by atoms with Crippen molar-refractivity contribution >= 4 is 0 Å². The van der Waals surface area contributed by atoms with E-state index < -0.39 is 0 Å². The first kappa shape index (κ1) is 14.5. The molecule has 1 aromatic rings. The Balaban J connectivity index is 1.72. The molecule has 1 atom stereocenters. The van der Waals surface area contributed by atoms with E-state index in [9.17, 15) is 0 Å². The zero-order chi connectivity index (χ0) is 13.7. The molecule has 3 nitrogen and oxygen atoms in total. The maximum absolute atomic E-state index is 6.25. The molecule has 0 radical (unpaired) electrons. The third-order valence-corrected chi connectivity index (χ3v) is 4.27. The Labute approximate surface area is 117 Å². The minimum absolute atomic E-state index is 0.174. The van der Waals surface area contributed by atoms with Crippen molar-refractivity contribution in [2.24, 2.45) is 5.73 Å². The Morgan fingerprint density at radius 1 is 1.21 bits per heavy atom. The lowest BCUT2D eigenvalue weighted by atomic mass is 10.0. The molecule has 1 aliphatic rings. The fraction of sp³-hybridized carbons (Fsp3) is 0.625. The molecule has 1 heterocycles. The van der Waals surface area contributed by atoms with Crippen molar-refractivity contribution in [1.29, 1.82) is 0 Å². The van der Waals surface area contributed by atoms with Crippen LogP contribution >= 0.6 is 0 Å². The lowest BCUT2D eigenvalue weighted by molar-refractivity contribution is 0.142. The molecule has 0 saturated carbocycles. The maximum atomic E-state index is 6.25. The van der Waals surface area contributed by atoms with Crippen molar-refractivity contribution in [2.75, 3.05) is 33.7 Å². The van der Waals surface area contributed by atoms with Crippen molar-refractivity contribution in [3.05, 3.63) is 35.9 Å². The number of piperidine rings is 1. The van der Waals surface area contributed by atoms with Crippen molar-refractivity contribution in [3.63, 3.8) is 0 Å². The molecule has 1 aromatic carbocycles. The third kappa shape index (κ3) is 4.30. The fourth-order valence-corrected chi connectivity index (χ4v) is 2.85. The number of nitrogens with two attached hydrogens (primary N) is 1. The number of hydrogen-bond donors (Lipinski definition) is 1. The molecule has 0 aromatic heterocycles. The molecule has 3 heteroatoms. The summed E-state index contributed by atoms with van der Waals surface area (Å²) in [5.74, 6) is 0. The summed E-state index contributed by atoms with van der Waals surface area (Å²) in [4.78, 5) is 4.91. The van der Waals surface area contributed by atoms with Crippen molar-refractivity contribution in [3.8, 4) is 0 Å². The van der Waals surface area contributed by atoms with Gasteiger partial charge in [-0.1, -0.05) is 30.3 Å². The number of hydrogen-bond acceptors (Lipinski definition) is 3. The van der Waals surface area contributed by atoms with Crippen LogP contribution in [0.2, 0.25) is 0 Å². The monoisotopic (exact) mass is 261 g/mol. The average molecular weight is 261 g/mol. The highest BCUT2D eigenvalue weighted by Crippen LogP contribution is 2.17. The van der Waals surface area contributed by atoms with Gasteiger partial charge in [-0.15, -0.1) is 0 Å². The zero-order valence-corrected chi connectivity index (χ0v) is 12.3. The Kier molecular flexibility index (Phi) is 5.37. The summed E-state index contributed by atoms with van der Waals surface area (Å²) in [5, 5.41) is 0. The molecule has 1 saturated heterocycles. The van der Waals surface area contributed by atoms with Crippen LogP contribution in [0.5, 0.6) is 0 Å². The predicted molar refractivity (Wildman–Crippen MR) is 81.1 cm³/mol. The van der Waals surface area contributed by atoms with Gasteiger partial charge in [-0.25, -0.2) is 0 Å². The second-order valence-electron chi connectivity index (χ2n) is 5.84. The second-order valence-corrected chi connectivity index (χ2v) is 5.84. The molecule has 19 heavy (non-hydrogen) atoms. The normalized spacial score (nSPS) is 19.8. The molecule has 1 fully saturated rings. The van der Waals surface area contributed by atoms with Crippen LogP contribution in [0.4, 0.5) is 0 Å². The maximum Gasteiger partial charge on any atom is 0.0307 e. The van der Waals surface area contributed by atoms with Gasteiger partial charge in [-0.2, -0.15) is 0 Å². The summed E-state index contributed by atoms with van der Waals surface area (Å²) in [6.07, 6.45) is 3.62. The average Bonchev–Trinajstić information content (AvgIpc) is 2.46. The zero-order valence-electron chi connectivity index (χ0n) is 12.3. The molecule has 1 unspecified atom stereocenters. The molecule has 0 aliphatic carbocycles. The van der Waals surface area contributed by atoms with Crippen molar-refractivity contribution in [1.82, 2.24) is 9.80 Å². The van der Waals surface area contributed by atoms with Gasteiger partial charge < -0.3 is 15.5 Å². The van der Waals surface area contributed by atoms with Gasteiger partial charge >= 0.3 is 0 Å². The molecular formula is C16H27N3. The molecule has 0 bridgehead atoms. The summed E-state index contributed by atoms with van der Waals surface area (Å²) in [6, 6.07) is 11.4. The van der Waals surface area contributed by atoms with Crippen LogP contribution in [0.1, 0.15) is 30.9 Å². The summed E-state index contributed by atoms with van der Waals surface area (Å²) in [7, 11) is 4.37. The summed E-state index contributed by atoms with van der Waals surface area (Å²) in [6.45, 7) is 3.55. The van der Waals surface area contributed by atoms with E-state index in [-0.39, 0.29) is 6.04 Å². The number of benzene rings is 1. The predicted octanol–water partition coefficient (Wildman–Crippen LogP) is 2.10. The van der Waals surface area contributed by atoms with Crippen LogP contribution in [-0.4, -0.2) is 49.6 Å². The highest BCUT2D eigenvalue weighted by Gasteiger charge is 2.20. The molecule has 0 amide bonds. The first-order chi connectivity index (χ1) is 9.16. The van der Waals surface area contributed by atoms with E-state index >= 15 is 0 Å². The highest BCUT2D eigenvalue weighted by atomic mass is 15.2. The van der Waals surface area contributed by atoms with E-state index in [0.29, 0.717) is 0 Å². The largest absolute Gasteiger partial charge is 0.324 e. The van der Waals surface area contributed by atoms with E-state index in [4.69, 9.17) is 5.73 Å². The first-order valence-electron chi connectivity index (χ1n) is 7.36. The van der Waals surface area contributed by atoms with Crippen LogP contribution in [-0.2, 0) is 0 Å². The SMILES string of the molecule is CN(C)C1CCN(CCC(N)c2ccccc2)CC1. The van der Waals surface area contributed by atoms with Crippen molar-refractivity contribution in [2.45, 2.75) is 31.3 Å². The summed E-state index contributed by atoms with van der Waals surface area (Å²) >= 11 is 0. The van der Waals surface area contributed by atoms with Gasteiger partial charge in [0.1, 0.15) is 0 Å². The molecule has 0 spiro atoms. The van der Waals surface area contributed by atoms with E-state index in [0.717, 1.165) is 19.0 Å². The van der Waals surface area contributed by atoms with Crippen LogP contribution in [0.3, 0.4) is 0 Å². The van der Waals surface area contributed by atoms with Crippen molar-refractivity contribution < 1.29 is 0 Å². The molecule has 1 aliphatic heterocycles. The molecular weight excluding hydrogens is 234 g/mol. The lowest BCUT2D eigenvalue weighted by Crippen LogP contribution is -2.42. The number of likely N-dealkylation sites (tertiary alicyclic amines) is 1. The van der Waals surface area contributed by atoms with E-state index in [1.54, 1.807) is 0 Å². The van der Waals surface area contributed by atoms with E-state index in [1.165, 1.54) is 31.5 Å². The van der Waals surface area contributed by atoms with Gasteiger partial charge in [0.05, 0.1) is 0 Å². The topological polar surface area (TPSA) is 32.5 Å². The Morgan fingerprint density at radius 2 is 1.84 bits per heavy atom. The van der Waals surface area contributed by atoms with E-state index in [2.05, 4.69) is 48.2 Å². The van der Waals surface area contributed by atoms with Crippen LogP contribution in [0, 0.1) is 0 Å². The molecule has 106 valence electrons. The number of rotatable bonds is 5. The highest BCUT2D eigenvalue weighted by molar-refractivity contribution is 5.18. The van der Waals surface area contributed by atoms with Crippen LogP contribution in [0.25, 0.3) is 0 Å². The molecule has 2 rings (SSSR count). The Hall–Kier alpha value is -0.900. The lowest BCUT2D eigenvalue weighted by Gasteiger charge is -2.35. The summed E-state index contributed by atoms with van der Waals surface area (Å²) in [5.41, 5.74) is 7.51. The fourth-order valence-electron chi connectivity index (χ4n) is 2.85. The minimum Gasteiger partial charge on any atom is -0.324 e. The Morgan fingerprint density at radius 3 is 2.42 bits per heavy atom. The van der Waals surface area contributed by atoms with E-state index in [1.807, 2.05) is 6.07 Å². The van der Waals surface area contributed by atoms with Crippen LogP contribution in [0.15, 0.2) is 30.3 Å². The van der Waals surface area contributed by atoms with Gasteiger partial charge in [-0.3, -0.25) is 0 Å². The van der Waals surface area contributed by atoms with Gasteiger partial charge in [0.2, 0.25) is 0 Å². The smallest absolute Gasteiger partial charge is 0.0307 e. The first-order valence-corrected chi connectivity index (χ1v) is 7.36. The van der Waals surface area contributed by atoms with Gasteiger partial charge in [0.25, 0.3) is 0 Å². The third-order valence-electron chi connectivity index (χ3n) is 4.27. The standard InChI is InChI=1S/C16H27N3/c1-18(2)15-8-11-19(12-9-15)13-10-16(17)14-6-4-3-5-7-14/h3-7,15-16H,8-13,17H2,1-2H3. The number of nitrogens with zero attached hydrogens (tertiary/aromatic N) is 2. The summed E-state index contributed by atoms with van der Waals surface area (Å²) < 4.78 is 0. The van der Waals surface area contributed by atoms with Gasteiger partial charge in [-0.05, 0) is 58.6 Å². The minimum atomic E-state index is 0.174. The van der Waals surface area contributed by atoms with Crippen LogP contribution < -0.4 is 5.73 Å². The van der Waals surface area contributed by atoms with Gasteiger partial charge in [0, 0.05) is 12.1 Å². The quantitative estimate of drug-likeness (QED) is 0.881.